The van der Waals surface area contributed by atoms with E-state index >= 15 is 0 Å². The number of rotatable bonds is 3. The number of aromatic amines is 1. The summed E-state index contributed by atoms with van der Waals surface area (Å²) in [4.78, 5) is 3.96. The molecule has 56 valence electrons. The molecule has 1 heterocycles. The first-order chi connectivity index (χ1) is 4.83. The fraction of sp³-hybridized carbons (Fsp3) is 0.667. The van der Waals surface area contributed by atoms with Crippen molar-refractivity contribution >= 4 is 0 Å². The van der Waals surface area contributed by atoms with Crippen molar-refractivity contribution in [2.24, 2.45) is 5.73 Å². The van der Waals surface area contributed by atoms with Crippen LogP contribution in [0.4, 0.5) is 0 Å². The summed E-state index contributed by atoms with van der Waals surface area (Å²) in [5, 5.41) is 6.48. The molecule has 1 aromatic rings. The molecule has 0 aliphatic carbocycles. The van der Waals surface area contributed by atoms with E-state index in [0.29, 0.717) is 0 Å². The third kappa shape index (κ3) is 1.80. The summed E-state index contributed by atoms with van der Waals surface area (Å²) in [7, 11) is 0. The predicted molar refractivity (Wildman–Crippen MR) is 38.4 cm³/mol. The zero-order chi connectivity index (χ0) is 7.40. The number of aromatic nitrogens is 3. The number of nitrogens with two attached hydrogens (primary N) is 1. The SMILES string of the molecule is CCC(N)Cc1ncn[nH]1. The highest BCUT2D eigenvalue weighted by atomic mass is 15.2. The average Bonchev–Trinajstić information content (AvgIpc) is 2.40. The summed E-state index contributed by atoms with van der Waals surface area (Å²) in [5.74, 6) is 0.870. The van der Waals surface area contributed by atoms with Crippen molar-refractivity contribution in [3.05, 3.63) is 12.2 Å². The minimum atomic E-state index is 0.202. The van der Waals surface area contributed by atoms with Crippen molar-refractivity contribution in [1.82, 2.24) is 15.2 Å². The minimum Gasteiger partial charge on any atom is -0.327 e. The van der Waals surface area contributed by atoms with E-state index in [1.54, 1.807) is 0 Å². The van der Waals surface area contributed by atoms with Gasteiger partial charge in [0.1, 0.15) is 12.2 Å². The van der Waals surface area contributed by atoms with Crippen LogP contribution in [0.15, 0.2) is 6.33 Å². The lowest BCUT2D eigenvalue weighted by atomic mass is 10.2. The Kier molecular flexibility index (Phi) is 2.39. The number of hydrogen-bond acceptors (Lipinski definition) is 3. The Balaban J connectivity index is 2.40. The number of nitrogens with zero attached hydrogens (tertiary/aromatic N) is 2. The fourth-order valence-electron chi connectivity index (χ4n) is 0.722. The standard InChI is InChI=1S/C6H12N4/c1-2-5(7)3-6-8-4-9-10-6/h4-5H,2-3,7H2,1H3,(H,8,9,10). The van der Waals surface area contributed by atoms with Crippen molar-refractivity contribution in [2.45, 2.75) is 25.8 Å². The Hall–Kier alpha value is -0.900. The van der Waals surface area contributed by atoms with Crippen LogP contribution in [0.25, 0.3) is 0 Å². The summed E-state index contributed by atoms with van der Waals surface area (Å²) in [6.45, 7) is 2.06. The molecular weight excluding hydrogens is 128 g/mol. The second kappa shape index (κ2) is 3.31. The Bertz CT molecular complexity index is 170. The monoisotopic (exact) mass is 140 g/mol. The molecule has 1 atom stereocenters. The quantitative estimate of drug-likeness (QED) is 0.625. The van der Waals surface area contributed by atoms with E-state index in [1.165, 1.54) is 6.33 Å². The third-order valence-corrected chi connectivity index (χ3v) is 1.44. The van der Waals surface area contributed by atoms with E-state index in [1.807, 2.05) is 0 Å². The molecule has 0 aromatic carbocycles. The summed E-state index contributed by atoms with van der Waals surface area (Å²) in [6, 6.07) is 0.202. The molecule has 4 nitrogen and oxygen atoms in total. The Morgan fingerprint density at radius 2 is 2.60 bits per heavy atom. The van der Waals surface area contributed by atoms with E-state index in [0.717, 1.165) is 18.7 Å². The van der Waals surface area contributed by atoms with Gasteiger partial charge in [-0.3, -0.25) is 5.10 Å². The molecule has 0 saturated heterocycles. The van der Waals surface area contributed by atoms with Crippen LogP contribution >= 0.6 is 0 Å². The Morgan fingerprint density at radius 3 is 3.10 bits per heavy atom. The van der Waals surface area contributed by atoms with E-state index in [2.05, 4.69) is 22.1 Å². The maximum Gasteiger partial charge on any atom is 0.137 e. The van der Waals surface area contributed by atoms with E-state index in [4.69, 9.17) is 5.73 Å². The molecule has 1 unspecified atom stereocenters. The van der Waals surface area contributed by atoms with Gasteiger partial charge in [0, 0.05) is 12.5 Å². The van der Waals surface area contributed by atoms with Crippen LogP contribution in [0.3, 0.4) is 0 Å². The van der Waals surface area contributed by atoms with Gasteiger partial charge in [-0.1, -0.05) is 6.92 Å². The third-order valence-electron chi connectivity index (χ3n) is 1.44. The van der Waals surface area contributed by atoms with Crippen LogP contribution < -0.4 is 5.73 Å². The molecule has 4 heteroatoms. The first-order valence-corrected chi connectivity index (χ1v) is 3.42. The molecular formula is C6H12N4. The molecule has 0 bridgehead atoms. The summed E-state index contributed by atoms with van der Waals surface area (Å²) < 4.78 is 0. The van der Waals surface area contributed by atoms with Gasteiger partial charge < -0.3 is 5.73 Å². The van der Waals surface area contributed by atoms with Crippen LogP contribution in [0.5, 0.6) is 0 Å². The highest BCUT2D eigenvalue weighted by molar-refractivity contribution is 4.84. The van der Waals surface area contributed by atoms with Crippen molar-refractivity contribution < 1.29 is 0 Å². The molecule has 0 fully saturated rings. The summed E-state index contributed by atoms with van der Waals surface area (Å²) in [6.07, 6.45) is 3.26. The lowest BCUT2D eigenvalue weighted by molar-refractivity contribution is 0.626. The van der Waals surface area contributed by atoms with Crippen molar-refractivity contribution in [2.75, 3.05) is 0 Å². The largest absolute Gasteiger partial charge is 0.327 e. The zero-order valence-electron chi connectivity index (χ0n) is 6.04. The maximum absolute atomic E-state index is 5.68. The molecule has 0 saturated carbocycles. The molecule has 0 radical (unpaired) electrons. The molecule has 3 N–H and O–H groups in total. The molecule has 1 rings (SSSR count). The lowest BCUT2D eigenvalue weighted by Crippen LogP contribution is -2.21. The predicted octanol–water partition coefficient (Wildman–Crippen LogP) is 0.0845. The van der Waals surface area contributed by atoms with Crippen LogP contribution in [0, 0.1) is 0 Å². The van der Waals surface area contributed by atoms with Crippen LogP contribution in [-0.4, -0.2) is 21.2 Å². The second-order valence-electron chi connectivity index (χ2n) is 2.30. The van der Waals surface area contributed by atoms with Gasteiger partial charge in [-0.15, -0.1) is 0 Å². The minimum absolute atomic E-state index is 0.202. The maximum atomic E-state index is 5.68. The summed E-state index contributed by atoms with van der Waals surface area (Å²) >= 11 is 0. The van der Waals surface area contributed by atoms with Crippen molar-refractivity contribution in [1.29, 1.82) is 0 Å². The van der Waals surface area contributed by atoms with Gasteiger partial charge >= 0.3 is 0 Å². The van der Waals surface area contributed by atoms with Gasteiger partial charge in [0.25, 0.3) is 0 Å². The molecule has 0 spiro atoms. The topological polar surface area (TPSA) is 67.6 Å². The number of hydrogen-bond donors (Lipinski definition) is 2. The molecule has 10 heavy (non-hydrogen) atoms. The zero-order valence-corrected chi connectivity index (χ0v) is 6.04. The number of nitrogens with one attached hydrogen (secondary N) is 1. The van der Waals surface area contributed by atoms with Gasteiger partial charge in [-0.25, -0.2) is 4.98 Å². The fourth-order valence-corrected chi connectivity index (χ4v) is 0.722. The molecule has 1 aromatic heterocycles. The normalized spacial score (nSPS) is 13.4. The van der Waals surface area contributed by atoms with Gasteiger partial charge in [0.2, 0.25) is 0 Å². The highest BCUT2D eigenvalue weighted by Gasteiger charge is 2.01. The van der Waals surface area contributed by atoms with Crippen molar-refractivity contribution in [3.8, 4) is 0 Å². The Labute approximate surface area is 59.8 Å². The lowest BCUT2D eigenvalue weighted by Gasteiger charge is -2.03. The second-order valence-corrected chi connectivity index (χ2v) is 2.30. The van der Waals surface area contributed by atoms with Gasteiger partial charge in [0.05, 0.1) is 0 Å². The Morgan fingerprint density at radius 1 is 1.80 bits per heavy atom. The number of H-pyrrole nitrogens is 1. The van der Waals surface area contributed by atoms with Crippen LogP contribution in [-0.2, 0) is 6.42 Å². The average molecular weight is 140 g/mol. The first-order valence-electron chi connectivity index (χ1n) is 3.42. The molecule has 0 amide bonds. The smallest absolute Gasteiger partial charge is 0.137 e. The van der Waals surface area contributed by atoms with Crippen molar-refractivity contribution in [3.63, 3.8) is 0 Å². The van der Waals surface area contributed by atoms with E-state index in [-0.39, 0.29) is 6.04 Å². The first kappa shape index (κ1) is 7.21. The molecule has 0 aliphatic rings. The van der Waals surface area contributed by atoms with Crippen LogP contribution in [0.2, 0.25) is 0 Å². The molecule has 0 aliphatic heterocycles. The van der Waals surface area contributed by atoms with Gasteiger partial charge in [-0.2, -0.15) is 5.10 Å². The highest BCUT2D eigenvalue weighted by Crippen LogP contribution is 1.94. The van der Waals surface area contributed by atoms with E-state index < -0.39 is 0 Å². The van der Waals surface area contributed by atoms with Crippen LogP contribution in [0.1, 0.15) is 19.2 Å². The van der Waals surface area contributed by atoms with E-state index in [9.17, 15) is 0 Å². The summed E-state index contributed by atoms with van der Waals surface area (Å²) in [5.41, 5.74) is 5.68. The van der Waals surface area contributed by atoms with Gasteiger partial charge in [-0.05, 0) is 6.42 Å². The van der Waals surface area contributed by atoms with Gasteiger partial charge in [0.15, 0.2) is 0 Å².